The molecule has 0 aromatic heterocycles. The Morgan fingerprint density at radius 3 is 2.41 bits per heavy atom. The third-order valence-electron chi connectivity index (χ3n) is 4.99. The molecule has 6 nitrogen and oxygen atoms in total. The molecule has 0 spiro atoms. The van der Waals surface area contributed by atoms with E-state index >= 15 is 0 Å². The molecule has 0 radical (unpaired) electrons. The maximum absolute atomic E-state index is 12.9. The molecular weight excluding hydrogens is 344 g/mol. The Balaban J connectivity index is 2.34. The van der Waals surface area contributed by atoms with Gasteiger partial charge in [0, 0.05) is 43.1 Å². The molecule has 1 saturated heterocycles. The molecule has 150 valence electrons. The van der Waals surface area contributed by atoms with Crippen LogP contribution < -0.4 is 14.8 Å². The Bertz CT molecular complexity index is 672. The maximum atomic E-state index is 12.9. The number of carbonyl (C=O) groups excluding carboxylic acids is 2. The van der Waals surface area contributed by atoms with Crippen LogP contribution in [0.3, 0.4) is 0 Å². The second-order valence-corrected chi connectivity index (χ2v) is 7.86. The largest absolute Gasteiger partial charge is 0.497 e. The molecule has 0 saturated carbocycles. The number of nitrogens with zero attached hydrogens (tertiary/aromatic N) is 1. The molecule has 2 rings (SSSR count). The first kappa shape index (κ1) is 21.1. The highest BCUT2D eigenvalue weighted by atomic mass is 16.5. The van der Waals surface area contributed by atoms with Crippen LogP contribution in [-0.2, 0) is 9.59 Å². The lowest BCUT2D eigenvalue weighted by atomic mass is 9.87. The van der Waals surface area contributed by atoms with Gasteiger partial charge in [-0.2, -0.15) is 0 Å². The molecule has 1 aliphatic heterocycles. The summed E-state index contributed by atoms with van der Waals surface area (Å²) in [6, 6.07) is 5.63. The smallest absolute Gasteiger partial charge is 0.225 e. The van der Waals surface area contributed by atoms with Gasteiger partial charge in [-0.05, 0) is 12.0 Å². The zero-order chi connectivity index (χ0) is 20.1. The average molecular weight is 376 g/mol. The van der Waals surface area contributed by atoms with Crippen molar-refractivity contribution < 1.29 is 19.1 Å². The van der Waals surface area contributed by atoms with Crippen LogP contribution in [0.15, 0.2) is 18.2 Å². The van der Waals surface area contributed by atoms with Crippen LogP contribution in [0, 0.1) is 17.8 Å². The van der Waals surface area contributed by atoms with Gasteiger partial charge in [-0.3, -0.25) is 9.59 Å². The van der Waals surface area contributed by atoms with E-state index in [4.69, 9.17) is 9.47 Å². The summed E-state index contributed by atoms with van der Waals surface area (Å²) < 4.78 is 10.8. The van der Waals surface area contributed by atoms with Crippen LogP contribution in [-0.4, -0.2) is 50.6 Å². The van der Waals surface area contributed by atoms with Crippen molar-refractivity contribution >= 4 is 11.8 Å². The number of carbonyl (C=O) groups is 2. The predicted molar refractivity (Wildman–Crippen MR) is 105 cm³/mol. The third-order valence-corrected chi connectivity index (χ3v) is 4.99. The van der Waals surface area contributed by atoms with E-state index in [1.54, 1.807) is 19.1 Å². The van der Waals surface area contributed by atoms with E-state index in [9.17, 15) is 9.59 Å². The molecule has 1 heterocycles. The molecule has 27 heavy (non-hydrogen) atoms. The Morgan fingerprint density at radius 2 is 1.85 bits per heavy atom. The summed E-state index contributed by atoms with van der Waals surface area (Å²) in [6.45, 7) is 9.47. The van der Waals surface area contributed by atoms with Crippen molar-refractivity contribution in [3.8, 4) is 11.5 Å². The first-order valence-corrected chi connectivity index (χ1v) is 9.56. The van der Waals surface area contributed by atoms with E-state index in [1.807, 2.05) is 32.0 Å². The minimum absolute atomic E-state index is 0.00868. The van der Waals surface area contributed by atoms with Gasteiger partial charge in [0.1, 0.15) is 11.5 Å². The number of rotatable bonds is 7. The second-order valence-electron chi connectivity index (χ2n) is 7.86. The fourth-order valence-electron chi connectivity index (χ4n) is 3.49. The van der Waals surface area contributed by atoms with E-state index < -0.39 is 0 Å². The SMILES string of the molecule is COc1ccc([C@H]2CN(C(=O)C(C)C)C[C@H]2C(=O)NCC(C)C)c(OC)c1. The Hall–Kier alpha value is -2.24. The highest BCUT2D eigenvalue weighted by molar-refractivity contribution is 5.84. The summed E-state index contributed by atoms with van der Waals surface area (Å²) in [5.41, 5.74) is 0.932. The maximum Gasteiger partial charge on any atom is 0.225 e. The monoisotopic (exact) mass is 376 g/mol. The Kier molecular flexibility index (Phi) is 7.11. The molecule has 1 N–H and O–H groups in total. The number of ether oxygens (including phenoxy) is 2. The van der Waals surface area contributed by atoms with Crippen molar-refractivity contribution in [2.75, 3.05) is 33.9 Å². The summed E-state index contributed by atoms with van der Waals surface area (Å²) >= 11 is 0. The number of benzene rings is 1. The van der Waals surface area contributed by atoms with Crippen LogP contribution in [0.5, 0.6) is 11.5 Å². The van der Waals surface area contributed by atoms with Gasteiger partial charge in [0.25, 0.3) is 0 Å². The van der Waals surface area contributed by atoms with Crippen LogP contribution in [0.2, 0.25) is 0 Å². The molecule has 1 fully saturated rings. The molecule has 2 amide bonds. The minimum Gasteiger partial charge on any atom is -0.497 e. The fraction of sp³-hybridized carbons (Fsp3) is 0.619. The fourth-order valence-corrected chi connectivity index (χ4v) is 3.49. The standard InChI is InChI=1S/C21H32N2O4/c1-13(2)10-22-20(24)18-12-23(21(25)14(3)4)11-17(18)16-8-7-15(26-5)9-19(16)27-6/h7-9,13-14,17-18H,10-12H2,1-6H3,(H,22,24)/t17-,18-/m1/s1. The second kappa shape index (κ2) is 9.11. The minimum atomic E-state index is -0.297. The van der Waals surface area contributed by atoms with E-state index in [1.165, 1.54) is 0 Å². The molecule has 1 aliphatic rings. The van der Waals surface area contributed by atoms with Crippen LogP contribution in [0.4, 0.5) is 0 Å². The van der Waals surface area contributed by atoms with Crippen LogP contribution in [0.1, 0.15) is 39.2 Å². The average Bonchev–Trinajstić information content (AvgIpc) is 3.09. The first-order valence-electron chi connectivity index (χ1n) is 9.56. The van der Waals surface area contributed by atoms with Crippen molar-refractivity contribution in [2.24, 2.45) is 17.8 Å². The normalized spacial score (nSPS) is 19.5. The van der Waals surface area contributed by atoms with Gasteiger partial charge >= 0.3 is 0 Å². The Labute approximate surface area is 162 Å². The highest BCUT2D eigenvalue weighted by Gasteiger charge is 2.41. The quantitative estimate of drug-likeness (QED) is 0.794. The summed E-state index contributed by atoms with van der Waals surface area (Å²) in [4.78, 5) is 27.2. The topological polar surface area (TPSA) is 67.9 Å². The summed E-state index contributed by atoms with van der Waals surface area (Å²) in [5.74, 6) is 1.31. The van der Waals surface area contributed by atoms with Gasteiger partial charge < -0.3 is 19.7 Å². The molecule has 0 aliphatic carbocycles. The molecule has 1 aromatic carbocycles. The number of nitrogens with one attached hydrogen (secondary N) is 1. The highest BCUT2D eigenvalue weighted by Crippen LogP contribution is 2.39. The van der Waals surface area contributed by atoms with E-state index in [-0.39, 0.29) is 29.6 Å². The van der Waals surface area contributed by atoms with Gasteiger partial charge in [0.2, 0.25) is 11.8 Å². The van der Waals surface area contributed by atoms with Gasteiger partial charge in [0.05, 0.1) is 20.1 Å². The number of likely N-dealkylation sites (tertiary alicyclic amines) is 1. The van der Waals surface area contributed by atoms with Gasteiger partial charge in [0.15, 0.2) is 0 Å². The van der Waals surface area contributed by atoms with Gasteiger partial charge in [-0.1, -0.05) is 33.8 Å². The van der Waals surface area contributed by atoms with Gasteiger partial charge in [-0.15, -0.1) is 0 Å². The lowest BCUT2D eigenvalue weighted by molar-refractivity contribution is -0.133. The zero-order valence-corrected chi connectivity index (χ0v) is 17.2. The van der Waals surface area contributed by atoms with E-state index in [0.717, 1.165) is 5.56 Å². The lowest BCUT2D eigenvalue weighted by Crippen LogP contribution is -2.37. The van der Waals surface area contributed by atoms with Gasteiger partial charge in [-0.25, -0.2) is 0 Å². The summed E-state index contributed by atoms with van der Waals surface area (Å²) in [5, 5.41) is 3.03. The third kappa shape index (κ3) is 4.93. The zero-order valence-electron chi connectivity index (χ0n) is 17.2. The molecule has 0 unspecified atom stereocenters. The van der Waals surface area contributed by atoms with Crippen molar-refractivity contribution in [1.29, 1.82) is 0 Å². The Morgan fingerprint density at radius 1 is 1.15 bits per heavy atom. The van der Waals surface area contributed by atoms with Crippen molar-refractivity contribution in [3.05, 3.63) is 23.8 Å². The van der Waals surface area contributed by atoms with Crippen molar-refractivity contribution in [1.82, 2.24) is 10.2 Å². The van der Waals surface area contributed by atoms with Crippen LogP contribution in [0.25, 0.3) is 0 Å². The van der Waals surface area contributed by atoms with E-state index in [0.29, 0.717) is 37.1 Å². The first-order chi connectivity index (χ1) is 12.8. The number of amides is 2. The number of methoxy groups -OCH3 is 2. The molecule has 1 aromatic rings. The molecule has 2 atom stereocenters. The lowest BCUT2D eigenvalue weighted by Gasteiger charge is -2.21. The summed E-state index contributed by atoms with van der Waals surface area (Å²) in [6.07, 6.45) is 0. The van der Waals surface area contributed by atoms with Crippen molar-refractivity contribution in [2.45, 2.75) is 33.6 Å². The van der Waals surface area contributed by atoms with Crippen molar-refractivity contribution in [3.63, 3.8) is 0 Å². The molecular formula is C21H32N2O4. The summed E-state index contributed by atoms with van der Waals surface area (Å²) in [7, 11) is 3.22. The number of hydrogen-bond acceptors (Lipinski definition) is 4. The van der Waals surface area contributed by atoms with E-state index in [2.05, 4.69) is 19.2 Å². The molecule has 0 bridgehead atoms. The molecule has 6 heteroatoms. The van der Waals surface area contributed by atoms with Crippen LogP contribution >= 0.6 is 0 Å². The predicted octanol–water partition coefficient (Wildman–Crippen LogP) is 2.67. The number of hydrogen-bond donors (Lipinski definition) is 1.